The number of nitrogens with one attached hydrogen (secondary N) is 1. The minimum Gasteiger partial charge on any atom is -0.493 e. The zero-order valence-corrected chi connectivity index (χ0v) is 15.6. The zero-order chi connectivity index (χ0) is 18.8. The molecule has 0 saturated carbocycles. The van der Waals surface area contributed by atoms with Crippen molar-refractivity contribution in [2.24, 2.45) is 0 Å². The molecular weight excluding hydrogens is 362 g/mol. The fraction of sp³-hybridized carbons (Fsp3) is 0.100. The number of fused-ring (bicyclic) bond motifs is 1. The number of hydrogen-bond acceptors (Lipinski definition) is 5. The topological polar surface area (TPSA) is 64.9 Å². The maximum atomic E-state index is 11.1. The Morgan fingerprint density at radius 3 is 2.67 bits per heavy atom. The molecule has 3 aromatic heterocycles. The third kappa shape index (κ3) is 3.02. The number of pyridine rings is 1. The summed E-state index contributed by atoms with van der Waals surface area (Å²) in [6.07, 6.45) is 4.47. The van der Waals surface area contributed by atoms with Gasteiger partial charge in [-0.1, -0.05) is 6.07 Å². The van der Waals surface area contributed by atoms with Crippen molar-refractivity contribution in [1.29, 1.82) is 0 Å². The molecule has 7 heteroatoms. The van der Waals surface area contributed by atoms with Crippen molar-refractivity contribution < 1.29 is 14.3 Å². The van der Waals surface area contributed by atoms with E-state index in [0.717, 1.165) is 21.7 Å². The number of aromatic nitrogens is 2. The van der Waals surface area contributed by atoms with E-state index in [4.69, 9.17) is 9.47 Å². The summed E-state index contributed by atoms with van der Waals surface area (Å²) in [6.45, 7) is 0. The van der Waals surface area contributed by atoms with Crippen molar-refractivity contribution in [3.8, 4) is 33.2 Å². The Morgan fingerprint density at radius 1 is 1.11 bits per heavy atom. The lowest BCUT2D eigenvalue weighted by atomic mass is 10.1. The smallest absolute Gasteiger partial charge is 0.211 e. The van der Waals surface area contributed by atoms with Crippen LogP contribution in [0.1, 0.15) is 0 Å². The van der Waals surface area contributed by atoms with Crippen molar-refractivity contribution in [1.82, 2.24) is 9.38 Å². The predicted octanol–water partition coefficient (Wildman–Crippen LogP) is 4.32. The average molecular weight is 379 g/mol. The second kappa shape index (κ2) is 7.13. The van der Waals surface area contributed by atoms with E-state index in [1.165, 1.54) is 0 Å². The van der Waals surface area contributed by atoms with Crippen LogP contribution in [-0.4, -0.2) is 30.0 Å². The van der Waals surface area contributed by atoms with E-state index < -0.39 is 0 Å². The second-order valence-corrected chi connectivity index (χ2v) is 6.74. The van der Waals surface area contributed by atoms with Crippen LogP contribution in [0.3, 0.4) is 0 Å². The molecular formula is C20H17N3O3S. The van der Waals surface area contributed by atoms with Gasteiger partial charge in [-0.15, -0.1) is 11.3 Å². The monoisotopic (exact) mass is 379 g/mol. The summed E-state index contributed by atoms with van der Waals surface area (Å²) in [5, 5.41) is 4.78. The molecule has 1 aromatic carbocycles. The molecule has 0 radical (unpaired) electrons. The number of rotatable bonds is 6. The number of amides is 1. The van der Waals surface area contributed by atoms with E-state index >= 15 is 0 Å². The number of hydrogen-bond donors (Lipinski definition) is 1. The SMILES string of the molecule is COc1ccc(-c2cnc3c(NC=O)cc(-c4cccs4)cn23)cc1OC. The number of carbonyl (C=O) groups is 1. The molecule has 0 unspecified atom stereocenters. The first-order chi connectivity index (χ1) is 13.2. The zero-order valence-electron chi connectivity index (χ0n) is 14.8. The molecule has 3 heterocycles. The highest BCUT2D eigenvalue weighted by atomic mass is 32.1. The highest BCUT2D eigenvalue weighted by molar-refractivity contribution is 7.13. The van der Waals surface area contributed by atoms with Crippen molar-refractivity contribution in [3.05, 3.63) is 54.2 Å². The van der Waals surface area contributed by atoms with Crippen molar-refractivity contribution in [2.45, 2.75) is 0 Å². The van der Waals surface area contributed by atoms with Gasteiger partial charge in [-0.2, -0.15) is 0 Å². The molecule has 4 aromatic rings. The molecule has 27 heavy (non-hydrogen) atoms. The van der Waals surface area contributed by atoms with Crippen LogP contribution in [0, 0.1) is 0 Å². The predicted molar refractivity (Wildman–Crippen MR) is 107 cm³/mol. The van der Waals surface area contributed by atoms with Gasteiger partial charge in [-0.05, 0) is 35.7 Å². The van der Waals surface area contributed by atoms with Gasteiger partial charge in [0.25, 0.3) is 0 Å². The summed E-state index contributed by atoms with van der Waals surface area (Å²) < 4.78 is 12.7. The van der Waals surface area contributed by atoms with Gasteiger partial charge in [0, 0.05) is 22.2 Å². The Morgan fingerprint density at radius 2 is 1.96 bits per heavy atom. The largest absolute Gasteiger partial charge is 0.493 e. The minimum atomic E-state index is 0.644. The lowest BCUT2D eigenvalue weighted by Gasteiger charge is -2.11. The maximum Gasteiger partial charge on any atom is 0.211 e. The quantitative estimate of drug-likeness (QED) is 0.507. The van der Waals surface area contributed by atoms with Crippen LogP contribution in [0.5, 0.6) is 11.5 Å². The number of benzene rings is 1. The lowest BCUT2D eigenvalue weighted by molar-refractivity contribution is -0.105. The third-order valence-corrected chi connectivity index (χ3v) is 5.22. The number of imidazole rings is 1. The van der Waals surface area contributed by atoms with Crippen molar-refractivity contribution in [2.75, 3.05) is 19.5 Å². The molecule has 0 fully saturated rings. The minimum absolute atomic E-state index is 0.644. The highest BCUT2D eigenvalue weighted by Gasteiger charge is 2.14. The van der Waals surface area contributed by atoms with Crippen molar-refractivity contribution in [3.63, 3.8) is 0 Å². The Bertz CT molecular complexity index is 1100. The van der Waals surface area contributed by atoms with Crippen LogP contribution in [0.15, 0.2) is 54.2 Å². The molecule has 0 atom stereocenters. The molecule has 0 bridgehead atoms. The summed E-state index contributed by atoms with van der Waals surface area (Å²) in [4.78, 5) is 16.7. The van der Waals surface area contributed by atoms with Gasteiger partial charge in [-0.3, -0.25) is 9.20 Å². The fourth-order valence-electron chi connectivity index (χ4n) is 3.04. The second-order valence-electron chi connectivity index (χ2n) is 5.79. The molecule has 4 rings (SSSR count). The van der Waals surface area contributed by atoms with E-state index in [1.54, 1.807) is 31.8 Å². The van der Waals surface area contributed by atoms with Crippen LogP contribution < -0.4 is 14.8 Å². The van der Waals surface area contributed by atoms with Gasteiger partial charge in [0.05, 0.1) is 31.8 Å². The van der Waals surface area contributed by atoms with E-state index in [-0.39, 0.29) is 0 Å². The van der Waals surface area contributed by atoms with Gasteiger partial charge in [0.2, 0.25) is 6.41 Å². The van der Waals surface area contributed by atoms with E-state index in [1.807, 2.05) is 52.4 Å². The first-order valence-electron chi connectivity index (χ1n) is 8.22. The number of thiophene rings is 1. The van der Waals surface area contributed by atoms with Crippen LogP contribution in [0.4, 0.5) is 5.69 Å². The first kappa shape index (κ1) is 17.1. The molecule has 6 nitrogen and oxygen atoms in total. The molecule has 0 aliphatic rings. The van der Waals surface area contributed by atoms with Crippen LogP contribution in [-0.2, 0) is 4.79 Å². The van der Waals surface area contributed by atoms with Crippen LogP contribution >= 0.6 is 11.3 Å². The van der Waals surface area contributed by atoms with Crippen molar-refractivity contribution >= 4 is 29.1 Å². The van der Waals surface area contributed by atoms with E-state index in [2.05, 4.69) is 10.3 Å². The van der Waals surface area contributed by atoms with Crippen LogP contribution in [0.25, 0.3) is 27.3 Å². The molecule has 0 saturated heterocycles. The van der Waals surface area contributed by atoms with E-state index in [0.29, 0.717) is 29.2 Å². The lowest BCUT2D eigenvalue weighted by Crippen LogP contribution is -1.99. The first-order valence-corrected chi connectivity index (χ1v) is 9.10. The number of carbonyl (C=O) groups excluding carboxylic acids is 1. The van der Waals surface area contributed by atoms with Gasteiger partial charge in [0.1, 0.15) is 0 Å². The van der Waals surface area contributed by atoms with Gasteiger partial charge in [0.15, 0.2) is 17.1 Å². The highest BCUT2D eigenvalue weighted by Crippen LogP contribution is 2.35. The summed E-state index contributed by atoms with van der Waals surface area (Å²) in [5.41, 5.74) is 4.15. The normalized spacial score (nSPS) is 10.7. The fourth-order valence-corrected chi connectivity index (χ4v) is 3.75. The van der Waals surface area contributed by atoms with Crippen LogP contribution in [0.2, 0.25) is 0 Å². The summed E-state index contributed by atoms with van der Waals surface area (Å²) in [5.74, 6) is 1.31. The Labute approximate surface area is 160 Å². The number of nitrogens with zero attached hydrogens (tertiary/aromatic N) is 2. The summed E-state index contributed by atoms with van der Waals surface area (Å²) >= 11 is 1.64. The van der Waals surface area contributed by atoms with Gasteiger partial charge < -0.3 is 14.8 Å². The summed E-state index contributed by atoms with van der Waals surface area (Å²) in [7, 11) is 3.22. The Hall–Kier alpha value is -3.32. The van der Waals surface area contributed by atoms with Gasteiger partial charge in [-0.25, -0.2) is 4.98 Å². The molecule has 0 aliphatic heterocycles. The van der Waals surface area contributed by atoms with Gasteiger partial charge >= 0.3 is 0 Å². The Balaban J connectivity index is 1.93. The molecule has 1 N–H and O–H groups in total. The average Bonchev–Trinajstić information content (AvgIpc) is 3.37. The Kier molecular flexibility index (Phi) is 4.52. The molecule has 0 aliphatic carbocycles. The molecule has 136 valence electrons. The summed E-state index contributed by atoms with van der Waals surface area (Å²) in [6, 6.07) is 11.7. The molecule has 0 spiro atoms. The number of ether oxygens (including phenoxy) is 2. The number of methoxy groups -OCH3 is 2. The molecule has 1 amide bonds. The van der Waals surface area contributed by atoms with E-state index in [9.17, 15) is 4.79 Å². The standard InChI is InChI=1S/C20H17N3O3S/c1-25-17-6-5-13(9-18(17)26-2)16-10-21-20-15(22-12-24)8-14(11-23(16)20)19-4-3-7-27-19/h3-12H,1-2H3,(H,22,24). The maximum absolute atomic E-state index is 11.1. The third-order valence-electron chi connectivity index (χ3n) is 4.31. The number of anilines is 1.